The molecule has 20 heavy (non-hydrogen) atoms. The van der Waals surface area contributed by atoms with E-state index in [4.69, 9.17) is 5.11 Å². The normalized spacial score (nSPS) is 11.2. The van der Waals surface area contributed by atoms with Crippen molar-refractivity contribution in [1.82, 2.24) is 0 Å². The molecule has 0 saturated heterocycles. The summed E-state index contributed by atoms with van der Waals surface area (Å²) < 4.78 is 42.2. The van der Waals surface area contributed by atoms with Crippen molar-refractivity contribution in [3.8, 4) is 5.75 Å². The molecule has 8 nitrogen and oxygen atoms in total. The second-order valence-corrected chi connectivity index (χ2v) is 3.43. The van der Waals surface area contributed by atoms with Gasteiger partial charge in [-0.15, -0.1) is 0 Å². The van der Waals surface area contributed by atoms with Gasteiger partial charge in [0.15, 0.2) is 0 Å². The Morgan fingerprint density at radius 2 is 1.60 bits per heavy atom. The number of benzene rings is 1. The first-order valence-corrected chi connectivity index (χ1v) is 4.96. The maximum atomic E-state index is 12.5. The minimum atomic E-state index is -4.98. The maximum Gasteiger partial charge on any atom is 0.416 e. The SMILES string of the molecule is O=[N+]([O-])c1cc(C(F)(F)F)cc([N+](=O)[O-])c1OCCO. The summed E-state index contributed by atoms with van der Waals surface area (Å²) in [6.45, 7) is -1.15. The lowest BCUT2D eigenvalue weighted by molar-refractivity contribution is -0.396. The fraction of sp³-hybridized carbons (Fsp3) is 0.333. The summed E-state index contributed by atoms with van der Waals surface area (Å²) in [4.78, 5) is 19.0. The van der Waals surface area contributed by atoms with Crippen molar-refractivity contribution >= 4 is 11.4 Å². The van der Waals surface area contributed by atoms with Gasteiger partial charge in [-0.25, -0.2) is 0 Å². The number of nitro groups is 2. The van der Waals surface area contributed by atoms with Crippen LogP contribution in [-0.4, -0.2) is 28.2 Å². The molecule has 0 heterocycles. The summed E-state index contributed by atoms with van der Waals surface area (Å²) in [5.74, 6) is -0.929. The molecule has 1 aromatic rings. The van der Waals surface area contributed by atoms with Gasteiger partial charge in [0.05, 0.1) is 22.0 Å². The van der Waals surface area contributed by atoms with Crippen LogP contribution in [0.4, 0.5) is 24.5 Å². The van der Waals surface area contributed by atoms with Crippen LogP contribution in [-0.2, 0) is 6.18 Å². The van der Waals surface area contributed by atoms with Crippen LogP contribution in [0.1, 0.15) is 5.56 Å². The molecule has 0 atom stereocenters. The molecule has 0 amide bonds. The molecule has 1 N–H and O–H groups in total. The highest BCUT2D eigenvalue weighted by atomic mass is 19.4. The lowest BCUT2D eigenvalue weighted by atomic mass is 10.1. The molecule has 1 rings (SSSR count). The Morgan fingerprint density at radius 1 is 1.15 bits per heavy atom. The summed E-state index contributed by atoms with van der Waals surface area (Å²) >= 11 is 0. The van der Waals surface area contributed by atoms with Crippen LogP contribution >= 0.6 is 0 Å². The first-order valence-electron chi connectivity index (χ1n) is 4.96. The molecule has 11 heteroatoms. The zero-order valence-corrected chi connectivity index (χ0v) is 9.59. The predicted molar refractivity (Wildman–Crippen MR) is 57.3 cm³/mol. The van der Waals surface area contributed by atoms with Crippen molar-refractivity contribution in [2.75, 3.05) is 13.2 Å². The minimum absolute atomic E-state index is 0.139. The van der Waals surface area contributed by atoms with E-state index in [1.807, 2.05) is 0 Å². The number of hydrogen-bond donors (Lipinski definition) is 1. The first-order chi connectivity index (χ1) is 9.18. The van der Waals surface area contributed by atoms with Crippen molar-refractivity contribution in [3.05, 3.63) is 37.9 Å². The van der Waals surface area contributed by atoms with Gasteiger partial charge >= 0.3 is 17.6 Å². The van der Waals surface area contributed by atoms with E-state index < -0.39 is 51.9 Å². The van der Waals surface area contributed by atoms with Crippen LogP contribution in [0.15, 0.2) is 12.1 Å². The zero-order chi connectivity index (χ0) is 15.5. The van der Waals surface area contributed by atoms with Crippen LogP contribution in [0.2, 0.25) is 0 Å². The summed E-state index contributed by atoms with van der Waals surface area (Å²) in [6.07, 6.45) is -4.98. The van der Waals surface area contributed by atoms with E-state index >= 15 is 0 Å². The molecule has 1 aromatic carbocycles. The van der Waals surface area contributed by atoms with E-state index in [0.717, 1.165) is 0 Å². The number of nitro benzene ring substituents is 2. The number of aliphatic hydroxyl groups is 1. The number of nitrogens with zero attached hydrogens (tertiary/aromatic N) is 2. The second kappa shape index (κ2) is 5.69. The third kappa shape index (κ3) is 3.32. The van der Waals surface area contributed by atoms with Gasteiger partial charge in [-0.1, -0.05) is 0 Å². The zero-order valence-electron chi connectivity index (χ0n) is 9.59. The van der Waals surface area contributed by atoms with E-state index in [0.29, 0.717) is 0 Å². The highest BCUT2D eigenvalue weighted by Gasteiger charge is 2.38. The van der Waals surface area contributed by atoms with Gasteiger partial charge in [0.2, 0.25) is 0 Å². The molecule has 0 spiro atoms. The van der Waals surface area contributed by atoms with Crippen LogP contribution in [0.5, 0.6) is 5.75 Å². The lowest BCUT2D eigenvalue weighted by Crippen LogP contribution is -2.10. The standard InChI is InChI=1S/C9H7F3N2O6/c10-9(11,12)5-3-6(13(16)17)8(20-2-1-15)7(4-5)14(18)19/h3-4,15H,1-2H2. The molecule has 0 aliphatic carbocycles. The molecule has 0 unspecified atom stereocenters. The van der Waals surface area contributed by atoms with Crippen molar-refractivity contribution < 1.29 is 32.9 Å². The van der Waals surface area contributed by atoms with E-state index in [2.05, 4.69) is 4.74 Å². The average molecular weight is 296 g/mol. The predicted octanol–water partition coefficient (Wildman–Crippen LogP) is 1.89. The molecule has 0 radical (unpaired) electrons. The molecule has 110 valence electrons. The Morgan fingerprint density at radius 3 is 1.90 bits per heavy atom. The Kier molecular flexibility index (Phi) is 4.45. The van der Waals surface area contributed by atoms with Gasteiger partial charge in [-0.05, 0) is 0 Å². The number of hydrogen-bond acceptors (Lipinski definition) is 6. The summed E-state index contributed by atoms with van der Waals surface area (Å²) in [5, 5.41) is 29.9. The van der Waals surface area contributed by atoms with Gasteiger partial charge in [0.1, 0.15) is 6.61 Å². The Bertz CT molecular complexity index is 510. The molecule has 0 fully saturated rings. The minimum Gasteiger partial charge on any atom is -0.480 e. The van der Waals surface area contributed by atoms with Crippen molar-refractivity contribution in [2.45, 2.75) is 6.18 Å². The van der Waals surface area contributed by atoms with Crippen LogP contribution in [0.3, 0.4) is 0 Å². The van der Waals surface area contributed by atoms with E-state index in [1.54, 1.807) is 0 Å². The number of rotatable bonds is 5. The quantitative estimate of drug-likeness (QED) is 0.655. The maximum absolute atomic E-state index is 12.5. The van der Waals surface area contributed by atoms with Crippen molar-refractivity contribution in [2.24, 2.45) is 0 Å². The molecular formula is C9H7F3N2O6. The van der Waals surface area contributed by atoms with Gasteiger partial charge < -0.3 is 9.84 Å². The first kappa shape index (κ1) is 15.6. The Balaban J connectivity index is 3.55. The molecular weight excluding hydrogens is 289 g/mol. The number of aliphatic hydroxyl groups excluding tert-OH is 1. The summed E-state index contributed by atoms with van der Waals surface area (Å²) in [7, 11) is 0. The molecule has 0 bridgehead atoms. The van der Waals surface area contributed by atoms with Gasteiger partial charge in [-0.3, -0.25) is 20.2 Å². The topological polar surface area (TPSA) is 116 Å². The Hall–Kier alpha value is -2.43. The molecule has 0 aliphatic rings. The average Bonchev–Trinajstić information content (AvgIpc) is 2.33. The van der Waals surface area contributed by atoms with E-state index in [1.165, 1.54) is 0 Å². The molecule has 0 aliphatic heterocycles. The van der Waals surface area contributed by atoms with Crippen molar-refractivity contribution in [1.29, 1.82) is 0 Å². The van der Waals surface area contributed by atoms with Gasteiger partial charge in [0, 0.05) is 12.1 Å². The fourth-order valence-corrected chi connectivity index (χ4v) is 1.33. The number of ether oxygens (including phenoxy) is 1. The van der Waals surface area contributed by atoms with E-state index in [-0.39, 0.29) is 12.1 Å². The smallest absolute Gasteiger partial charge is 0.416 e. The second-order valence-electron chi connectivity index (χ2n) is 3.43. The number of alkyl halides is 3. The van der Waals surface area contributed by atoms with Crippen LogP contribution in [0, 0.1) is 20.2 Å². The monoisotopic (exact) mass is 296 g/mol. The molecule has 0 saturated carbocycles. The number of halogens is 3. The highest BCUT2D eigenvalue weighted by Crippen LogP contribution is 2.42. The molecule has 0 aromatic heterocycles. The highest BCUT2D eigenvalue weighted by molar-refractivity contribution is 5.62. The van der Waals surface area contributed by atoms with Gasteiger partial charge in [0.25, 0.3) is 5.75 Å². The van der Waals surface area contributed by atoms with E-state index in [9.17, 15) is 33.4 Å². The van der Waals surface area contributed by atoms with Crippen molar-refractivity contribution in [3.63, 3.8) is 0 Å². The largest absolute Gasteiger partial charge is 0.480 e. The third-order valence-corrected chi connectivity index (χ3v) is 2.11. The van der Waals surface area contributed by atoms with Crippen LogP contribution in [0.25, 0.3) is 0 Å². The summed E-state index contributed by atoms with van der Waals surface area (Å²) in [6, 6.07) is 0.277. The van der Waals surface area contributed by atoms with Crippen LogP contribution < -0.4 is 4.74 Å². The summed E-state index contributed by atoms with van der Waals surface area (Å²) in [5.41, 5.74) is -3.92. The third-order valence-electron chi connectivity index (χ3n) is 2.11. The Labute approximate surface area is 108 Å². The lowest BCUT2D eigenvalue weighted by Gasteiger charge is -2.10. The van der Waals surface area contributed by atoms with Gasteiger partial charge in [-0.2, -0.15) is 13.2 Å². The fourth-order valence-electron chi connectivity index (χ4n) is 1.33.